The quantitative estimate of drug-likeness (QED) is 0.870. The smallest absolute Gasteiger partial charge is 0.308 e. The lowest BCUT2D eigenvalue weighted by atomic mass is 9.99. The number of aliphatic hydroxyl groups is 1. The fourth-order valence-corrected chi connectivity index (χ4v) is 2.58. The first-order chi connectivity index (χ1) is 8.54. The number of aryl methyl sites for hydroxylation is 1. The number of esters is 1. The third kappa shape index (κ3) is 3.61. The molecule has 0 unspecified atom stereocenters. The van der Waals surface area contributed by atoms with Gasteiger partial charge in [-0.25, -0.2) is 0 Å². The molecule has 2 rings (SSSR count). The number of rotatable bonds is 3. The molecule has 1 aromatic carbocycles. The fourth-order valence-electron chi connectivity index (χ4n) is 2.08. The molecule has 0 radical (unpaired) electrons. The normalized spacial score (nSPS) is 23.8. The fraction of sp³-hybridized carbons (Fsp3) is 0.462. The summed E-state index contributed by atoms with van der Waals surface area (Å²) in [6, 6.07) is 5.34. The molecule has 0 spiro atoms. The van der Waals surface area contributed by atoms with Crippen LogP contribution in [0.25, 0.3) is 0 Å². The minimum atomic E-state index is -0.586. The SMILES string of the molecule is O=C1C[C@H](O)C[C@@H](CCc2ccc(Cl)cc2Cl)O1. The molecule has 98 valence electrons. The first-order valence-corrected chi connectivity index (χ1v) is 6.61. The molecule has 1 N–H and O–H groups in total. The Hall–Kier alpha value is -0.770. The van der Waals surface area contributed by atoms with Crippen LogP contribution in [0.5, 0.6) is 0 Å². The van der Waals surface area contributed by atoms with Gasteiger partial charge >= 0.3 is 5.97 Å². The second-order valence-corrected chi connectivity index (χ2v) is 5.32. The van der Waals surface area contributed by atoms with Crippen molar-refractivity contribution >= 4 is 29.2 Å². The third-order valence-corrected chi connectivity index (χ3v) is 3.57. The Morgan fingerprint density at radius 1 is 1.39 bits per heavy atom. The molecule has 0 aliphatic carbocycles. The van der Waals surface area contributed by atoms with Crippen molar-refractivity contribution < 1.29 is 14.6 Å². The van der Waals surface area contributed by atoms with E-state index >= 15 is 0 Å². The lowest BCUT2D eigenvalue weighted by Gasteiger charge is -2.25. The van der Waals surface area contributed by atoms with Crippen LogP contribution in [0.1, 0.15) is 24.8 Å². The van der Waals surface area contributed by atoms with Gasteiger partial charge in [-0.1, -0.05) is 29.3 Å². The molecule has 2 atom stereocenters. The summed E-state index contributed by atoms with van der Waals surface area (Å²) in [5.41, 5.74) is 0.970. The van der Waals surface area contributed by atoms with Crippen molar-refractivity contribution in [3.63, 3.8) is 0 Å². The molecular formula is C13H14Cl2O3. The molecule has 1 aromatic rings. The lowest BCUT2D eigenvalue weighted by Crippen LogP contribution is -2.32. The van der Waals surface area contributed by atoms with E-state index in [1.807, 2.05) is 6.07 Å². The highest BCUT2D eigenvalue weighted by atomic mass is 35.5. The summed E-state index contributed by atoms with van der Waals surface area (Å²) in [6.45, 7) is 0. The van der Waals surface area contributed by atoms with Crippen LogP contribution in [-0.2, 0) is 16.0 Å². The minimum Gasteiger partial charge on any atom is -0.462 e. The number of halogens is 2. The van der Waals surface area contributed by atoms with Crippen LogP contribution in [0.4, 0.5) is 0 Å². The molecule has 18 heavy (non-hydrogen) atoms. The summed E-state index contributed by atoms with van der Waals surface area (Å²) < 4.78 is 5.17. The lowest BCUT2D eigenvalue weighted by molar-refractivity contribution is -0.160. The largest absolute Gasteiger partial charge is 0.462 e. The standard InChI is InChI=1S/C13H14Cl2O3/c14-9-3-1-8(12(15)5-9)2-4-11-6-10(16)7-13(17)18-11/h1,3,5,10-11,16H,2,4,6-7H2/t10-,11-/m1/s1. The topological polar surface area (TPSA) is 46.5 Å². The predicted molar refractivity (Wildman–Crippen MR) is 69.9 cm³/mol. The van der Waals surface area contributed by atoms with Crippen LogP contribution in [0.2, 0.25) is 10.0 Å². The first-order valence-electron chi connectivity index (χ1n) is 5.86. The van der Waals surface area contributed by atoms with Gasteiger partial charge < -0.3 is 9.84 Å². The molecule has 0 saturated carbocycles. The highest BCUT2D eigenvalue weighted by Gasteiger charge is 2.26. The van der Waals surface area contributed by atoms with Crippen molar-refractivity contribution in [1.29, 1.82) is 0 Å². The summed E-state index contributed by atoms with van der Waals surface area (Å²) in [7, 11) is 0. The average Bonchev–Trinajstić information content (AvgIpc) is 2.26. The Bertz CT molecular complexity index is 448. The Labute approximate surface area is 116 Å². The van der Waals surface area contributed by atoms with Crippen molar-refractivity contribution in [2.75, 3.05) is 0 Å². The molecule has 1 heterocycles. The summed E-state index contributed by atoms with van der Waals surface area (Å²) in [5.74, 6) is -0.332. The maximum absolute atomic E-state index is 11.2. The zero-order chi connectivity index (χ0) is 13.1. The number of cyclic esters (lactones) is 1. The summed E-state index contributed by atoms with van der Waals surface area (Å²) >= 11 is 11.9. The maximum atomic E-state index is 11.2. The second-order valence-electron chi connectivity index (χ2n) is 4.48. The van der Waals surface area contributed by atoms with E-state index in [1.54, 1.807) is 12.1 Å². The van der Waals surface area contributed by atoms with Crippen LogP contribution in [0.15, 0.2) is 18.2 Å². The van der Waals surface area contributed by atoms with Crippen LogP contribution in [0.3, 0.4) is 0 Å². The van der Waals surface area contributed by atoms with E-state index in [2.05, 4.69) is 0 Å². The number of hydrogen-bond donors (Lipinski definition) is 1. The van der Waals surface area contributed by atoms with Crippen LogP contribution < -0.4 is 0 Å². The predicted octanol–water partition coefficient (Wildman–Crippen LogP) is 2.99. The van der Waals surface area contributed by atoms with Crippen LogP contribution in [0, 0.1) is 0 Å². The molecule has 1 saturated heterocycles. The van der Waals surface area contributed by atoms with Crippen molar-refractivity contribution in [1.82, 2.24) is 0 Å². The Morgan fingerprint density at radius 2 is 2.17 bits per heavy atom. The van der Waals surface area contributed by atoms with Crippen molar-refractivity contribution in [2.45, 2.75) is 37.9 Å². The van der Waals surface area contributed by atoms with Crippen molar-refractivity contribution in [3.05, 3.63) is 33.8 Å². The Kier molecular flexibility index (Phi) is 4.49. The van der Waals surface area contributed by atoms with Gasteiger partial charge in [-0.2, -0.15) is 0 Å². The van der Waals surface area contributed by atoms with Gasteiger partial charge in [0.25, 0.3) is 0 Å². The van der Waals surface area contributed by atoms with Crippen LogP contribution in [-0.4, -0.2) is 23.3 Å². The van der Waals surface area contributed by atoms with Gasteiger partial charge in [-0.05, 0) is 30.5 Å². The number of ether oxygens (including phenoxy) is 1. The number of aliphatic hydroxyl groups excluding tert-OH is 1. The van der Waals surface area contributed by atoms with Gasteiger partial charge in [0.1, 0.15) is 6.10 Å². The van der Waals surface area contributed by atoms with E-state index in [-0.39, 0.29) is 18.5 Å². The molecule has 0 aromatic heterocycles. The number of benzene rings is 1. The highest BCUT2D eigenvalue weighted by molar-refractivity contribution is 6.35. The van der Waals surface area contributed by atoms with Gasteiger partial charge in [0.2, 0.25) is 0 Å². The van der Waals surface area contributed by atoms with E-state index in [1.165, 1.54) is 0 Å². The molecule has 1 aliphatic heterocycles. The maximum Gasteiger partial charge on any atom is 0.308 e. The monoisotopic (exact) mass is 288 g/mol. The molecule has 3 nitrogen and oxygen atoms in total. The average molecular weight is 289 g/mol. The summed E-state index contributed by atoms with van der Waals surface area (Å²) in [6.07, 6.45) is 1.13. The number of carbonyl (C=O) groups is 1. The summed E-state index contributed by atoms with van der Waals surface area (Å²) in [5, 5.41) is 10.7. The first kappa shape index (κ1) is 13.7. The molecular weight excluding hydrogens is 275 g/mol. The van der Waals surface area contributed by atoms with E-state index in [0.717, 1.165) is 5.56 Å². The molecule has 0 bridgehead atoms. The van der Waals surface area contributed by atoms with E-state index in [9.17, 15) is 9.90 Å². The number of carbonyl (C=O) groups excluding carboxylic acids is 1. The van der Waals surface area contributed by atoms with Gasteiger partial charge in [-0.15, -0.1) is 0 Å². The summed E-state index contributed by atoms with van der Waals surface area (Å²) in [4.78, 5) is 11.2. The zero-order valence-corrected chi connectivity index (χ0v) is 11.2. The highest BCUT2D eigenvalue weighted by Crippen LogP contribution is 2.25. The second kappa shape index (κ2) is 5.91. The Morgan fingerprint density at radius 3 is 2.83 bits per heavy atom. The van der Waals surface area contributed by atoms with E-state index < -0.39 is 6.10 Å². The van der Waals surface area contributed by atoms with Crippen molar-refractivity contribution in [3.8, 4) is 0 Å². The minimum absolute atomic E-state index is 0.0954. The molecule has 0 amide bonds. The van der Waals surface area contributed by atoms with Crippen LogP contribution >= 0.6 is 23.2 Å². The van der Waals surface area contributed by atoms with Gasteiger partial charge in [0.15, 0.2) is 0 Å². The third-order valence-electron chi connectivity index (χ3n) is 2.99. The molecule has 5 heteroatoms. The van der Waals surface area contributed by atoms with Gasteiger partial charge in [0, 0.05) is 16.5 Å². The molecule has 1 fully saturated rings. The van der Waals surface area contributed by atoms with E-state index in [0.29, 0.717) is 29.3 Å². The number of hydrogen-bond acceptors (Lipinski definition) is 3. The van der Waals surface area contributed by atoms with E-state index in [4.69, 9.17) is 27.9 Å². The van der Waals surface area contributed by atoms with Gasteiger partial charge in [-0.3, -0.25) is 4.79 Å². The van der Waals surface area contributed by atoms with Crippen molar-refractivity contribution in [2.24, 2.45) is 0 Å². The Balaban J connectivity index is 1.93. The zero-order valence-electron chi connectivity index (χ0n) is 9.73. The van der Waals surface area contributed by atoms with Gasteiger partial charge in [0.05, 0.1) is 12.5 Å². The molecule has 1 aliphatic rings.